The number of amidine groups is 10. The molecule has 8 aliphatic heterocycles. The van der Waals surface area contributed by atoms with Crippen molar-refractivity contribution in [2.75, 3.05) is 0 Å². The minimum atomic E-state index is -0.490. The predicted octanol–water partition coefficient (Wildman–Crippen LogP) is 10.7. The standard InChI is InChI=1S/C36H26N8.C35H24N8/c1-17-13-25-26(14-18(17)2)34-40-30-23-11-7-8-12-24(23)32(38-30)42-36-28-16-20(4)19(3)15-27(28)35(44-36)41-31-22-10-6-5-9-21(22)29(37-31)39-33(25)43-34;1-17-12-13-24-25(14-17)33-39-29-22-10-6-7-11-23(22)31(37-29)41-35-27-16-19(3)18(2)15-26(27)34(43-35)40-30-21-9-5-4-8-20(21)28(36-30)38-32(24)42-33/h5-16,33H,1-4H3,(H,37,38,39,40,41,42,43,44);4-16,33H,1-3H3,(H,36,37,38,39,40,41,42,43). The lowest BCUT2D eigenvalue weighted by molar-refractivity contribution is 0.794. The highest BCUT2D eigenvalue weighted by molar-refractivity contribution is 6.28. The van der Waals surface area contributed by atoms with E-state index in [4.69, 9.17) is 69.9 Å². The molecule has 0 fully saturated rings. The van der Waals surface area contributed by atoms with Gasteiger partial charge < -0.3 is 9.97 Å². The average Bonchev–Trinajstić information content (AvgIpc) is 4.26. The van der Waals surface area contributed by atoms with Gasteiger partial charge in [-0.05, 0) is 112 Å². The second kappa shape index (κ2) is 18.9. The molecule has 10 aromatic rings. The van der Waals surface area contributed by atoms with Crippen LogP contribution in [0.25, 0.3) is 21.5 Å². The van der Waals surface area contributed by atoms with Gasteiger partial charge in [-0.1, -0.05) is 127 Å². The Morgan fingerprint density at radius 1 is 0.241 bits per heavy atom. The number of nitrogens with zero attached hydrogens (tertiary/aromatic N) is 14. The van der Waals surface area contributed by atoms with Crippen LogP contribution in [0.1, 0.15) is 118 Å². The number of aromatic nitrogens is 2. The van der Waals surface area contributed by atoms with E-state index in [1.165, 1.54) is 33.4 Å². The van der Waals surface area contributed by atoms with Gasteiger partial charge in [-0.25, -0.2) is 69.9 Å². The lowest BCUT2D eigenvalue weighted by Gasteiger charge is -2.09. The van der Waals surface area contributed by atoms with Crippen molar-refractivity contribution in [1.29, 1.82) is 0 Å². The second-order valence-corrected chi connectivity index (χ2v) is 23.0. The highest BCUT2D eigenvalue weighted by Crippen LogP contribution is 2.38. The Labute approximate surface area is 497 Å². The number of hydrogen-bond donors (Lipinski definition) is 2. The first kappa shape index (κ1) is 50.3. The zero-order chi connectivity index (χ0) is 58.5. The molecule has 2 aromatic heterocycles. The molecule has 8 aliphatic rings. The van der Waals surface area contributed by atoms with Crippen LogP contribution in [0.4, 0.5) is 0 Å². The number of fused-ring (bicyclic) bond motifs is 34. The van der Waals surface area contributed by atoms with Crippen LogP contribution in [0.2, 0.25) is 0 Å². The maximum Gasteiger partial charge on any atom is 0.170 e. The van der Waals surface area contributed by atoms with Gasteiger partial charge >= 0.3 is 0 Å². The van der Waals surface area contributed by atoms with E-state index in [9.17, 15) is 0 Å². The molecule has 10 heterocycles. The van der Waals surface area contributed by atoms with E-state index < -0.39 is 12.3 Å². The Morgan fingerprint density at radius 3 is 0.862 bits per heavy atom. The molecule has 414 valence electrons. The fourth-order valence-corrected chi connectivity index (χ4v) is 12.4. The Hall–Kier alpha value is -11.3. The first-order valence-electron chi connectivity index (χ1n) is 29.0. The van der Waals surface area contributed by atoms with Gasteiger partial charge in [0, 0.05) is 88.3 Å². The number of rotatable bonds is 0. The predicted molar refractivity (Wildman–Crippen MR) is 344 cm³/mol. The summed E-state index contributed by atoms with van der Waals surface area (Å²) >= 11 is 0. The van der Waals surface area contributed by atoms with Gasteiger partial charge in [0.1, 0.15) is 22.0 Å². The molecule has 8 aromatic carbocycles. The maximum absolute atomic E-state index is 5.14. The van der Waals surface area contributed by atoms with Gasteiger partial charge in [0.25, 0.3) is 0 Å². The molecule has 16 heteroatoms. The lowest BCUT2D eigenvalue weighted by atomic mass is 9.99. The van der Waals surface area contributed by atoms with Gasteiger partial charge in [-0.3, -0.25) is 0 Å². The van der Waals surface area contributed by atoms with Crippen LogP contribution in [-0.2, 0) is 0 Å². The van der Waals surface area contributed by atoms with Crippen LogP contribution in [-0.4, -0.2) is 68.3 Å². The third kappa shape index (κ3) is 8.04. The molecule has 2 unspecified atom stereocenters. The number of aromatic amines is 2. The second-order valence-electron chi connectivity index (χ2n) is 23.0. The Kier molecular flexibility index (Phi) is 10.9. The van der Waals surface area contributed by atoms with Crippen LogP contribution in [0.3, 0.4) is 0 Å². The summed E-state index contributed by atoms with van der Waals surface area (Å²) in [6.45, 7) is 14.7. The number of H-pyrrole nitrogens is 2. The summed E-state index contributed by atoms with van der Waals surface area (Å²) in [6, 6.07) is 51.6. The highest BCUT2D eigenvalue weighted by Gasteiger charge is 2.33. The van der Waals surface area contributed by atoms with E-state index in [1.54, 1.807) is 0 Å². The van der Waals surface area contributed by atoms with Crippen molar-refractivity contribution in [3.8, 4) is 0 Å². The molecule has 2 atom stereocenters. The third-order valence-electron chi connectivity index (χ3n) is 17.4. The molecular formula is C71H50N16. The van der Waals surface area contributed by atoms with Gasteiger partial charge in [0.15, 0.2) is 70.7 Å². The molecule has 16 bridgehead atoms. The first-order valence-corrected chi connectivity index (χ1v) is 29.0. The number of benzene rings is 8. The monoisotopic (exact) mass is 1130 g/mol. The maximum atomic E-state index is 5.14. The molecule has 0 saturated heterocycles. The normalized spacial score (nSPS) is 17.5. The zero-order valence-electron chi connectivity index (χ0n) is 48.3. The fourth-order valence-electron chi connectivity index (χ4n) is 12.4. The quantitative estimate of drug-likeness (QED) is 0.146. The molecule has 16 nitrogen and oxygen atoms in total. The molecule has 0 aliphatic carbocycles. The molecule has 2 N–H and O–H groups in total. The van der Waals surface area contributed by atoms with Crippen molar-refractivity contribution in [2.24, 2.45) is 69.9 Å². The van der Waals surface area contributed by atoms with Gasteiger partial charge in [-0.2, -0.15) is 0 Å². The summed E-state index contributed by atoms with van der Waals surface area (Å²) in [5.41, 5.74) is 22.3. The molecule has 0 amide bonds. The van der Waals surface area contributed by atoms with Crippen LogP contribution < -0.4 is 22.0 Å². The highest BCUT2D eigenvalue weighted by atomic mass is 15.2. The molecule has 0 spiro atoms. The summed E-state index contributed by atoms with van der Waals surface area (Å²) in [4.78, 5) is 77.8. The average molecular weight is 1130 g/mol. The largest absolute Gasteiger partial charge is 0.324 e. The van der Waals surface area contributed by atoms with Crippen molar-refractivity contribution in [2.45, 2.75) is 60.8 Å². The minimum Gasteiger partial charge on any atom is -0.324 e. The zero-order valence-corrected chi connectivity index (χ0v) is 48.3. The van der Waals surface area contributed by atoms with Crippen molar-refractivity contribution in [1.82, 2.24) is 9.97 Å². The minimum absolute atomic E-state index is 0.485. The van der Waals surface area contributed by atoms with Crippen LogP contribution in [0.5, 0.6) is 0 Å². The number of hydrogen-bond acceptors (Lipinski definition) is 14. The molecule has 0 saturated carbocycles. The Balaban J connectivity index is 0.000000136. The summed E-state index contributed by atoms with van der Waals surface area (Å²) in [6.07, 6.45) is -0.974. The number of nitrogens with one attached hydrogen (secondary N) is 2. The van der Waals surface area contributed by atoms with Crippen molar-refractivity contribution in [3.05, 3.63) is 279 Å². The number of aryl methyl sites for hydroxylation is 7. The molecular weight excluding hydrogens is 1080 g/mol. The van der Waals surface area contributed by atoms with E-state index in [1.807, 2.05) is 97.1 Å². The van der Waals surface area contributed by atoms with Crippen molar-refractivity contribution < 1.29 is 0 Å². The summed E-state index contributed by atoms with van der Waals surface area (Å²) in [5.74, 6) is 5.99. The van der Waals surface area contributed by atoms with Crippen LogP contribution >= 0.6 is 0 Å². The fraction of sp³-hybridized carbons (Fsp3) is 0.127. The van der Waals surface area contributed by atoms with Gasteiger partial charge in [-0.15, -0.1) is 0 Å². The molecule has 18 rings (SSSR count). The van der Waals surface area contributed by atoms with Crippen LogP contribution in [0, 0.1) is 48.5 Å². The Bertz CT molecular complexity index is 5500. The van der Waals surface area contributed by atoms with Gasteiger partial charge in [0.05, 0.1) is 0 Å². The summed E-state index contributed by atoms with van der Waals surface area (Å²) in [7, 11) is 0. The summed E-state index contributed by atoms with van der Waals surface area (Å²) in [5, 5.41) is 3.91. The SMILES string of the molecule is Cc1cc2c(cc1C)C1N=C3N=C(N=c4[nH]c(c5cc(C)c(C)cc45)=NC4=NC(=NC2=N1)c1ccccc14)c1ccccc13.Cc1ccc2c(c1)C1N=C3N=C(N=c4[nH]c(c5cc(C)c(C)cc45)=NC4=NC(=NC2=N1)c1ccccc14)c1ccccc13. The van der Waals surface area contributed by atoms with E-state index in [0.29, 0.717) is 80.3 Å². The smallest absolute Gasteiger partial charge is 0.170 e. The number of aliphatic imine (C=N–C) groups is 10. The molecule has 87 heavy (non-hydrogen) atoms. The van der Waals surface area contributed by atoms with Gasteiger partial charge in [0.2, 0.25) is 0 Å². The first-order chi connectivity index (χ1) is 42.4. The van der Waals surface area contributed by atoms with E-state index in [-0.39, 0.29) is 0 Å². The van der Waals surface area contributed by atoms with E-state index >= 15 is 0 Å². The Morgan fingerprint density at radius 2 is 0.506 bits per heavy atom. The lowest BCUT2D eigenvalue weighted by Crippen LogP contribution is -2.15. The molecule has 0 radical (unpaired) electrons. The van der Waals surface area contributed by atoms with Crippen molar-refractivity contribution >= 4 is 79.9 Å². The van der Waals surface area contributed by atoms with E-state index in [0.717, 1.165) is 93.9 Å². The van der Waals surface area contributed by atoms with E-state index in [2.05, 4.69) is 113 Å². The van der Waals surface area contributed by atoms with Crippen molar-refractivity contribution in [3.63, 3.8) is 0 Å². The summed E-state index contributed by atoms with van der Waals surface area (Å²) < 4.78 is 0. The van der Waals surface area contributed by atoms with Crippen LogP contribution in [0.15, 0.2) is 222 Å². The topological polar surface area (TPSA) is 205 Å². The third-order valence-corrected chi connectivity index (χ3v) is 17.4.